The third kappa shape index (κ3) is 4.06. The standard InChI is InChI=1S/C30H22N8S2/c31-17-5-1-15(2-6-17)21-9-11-35-29(37-21)23-13-19-25(28(33)34)20-14-24(40-27(20)26(19)39-23)30-36-12-10-22(38-30)16-3-7-18(32)8-4-16/h1-14H,31-34H2. The van der Waals surface area contributed by atoms with Crippen molar-refractivity contribution >= 4 is 39.6 Å². The van der Waals surface area contributed by atoms with Crippen LogP contribution < -0.4 is 22.9 Å². The van der Waals surface area contributed by atoms with Gasteiger partial charge in [-0.3, -0.25) is 0 Å². The van der Waals surface area contributed by atoms with Gasteiger partial charge in [-0.15, -0.1) is 22.7 Å². The number of nitrogens with zero attached hydrogens (tertiary/aromatic N) is 4. The zero-order chi connectivity index (χ0) is 27.4. The van der Waals surface area contributed by atoms with Crippen molar-refractivity contribution < 1.29 is 0 Å². The fraction of sp³-hybridized carbons (Fsp3) is 0. The number of hydrogen-bond donors (Lipinski definition) is 4. The number of fused-ring (bicyclic) bond motifs is 3. The Labute approximate surface area is 237 Å². The Morgan fingerprint density at radius 2 is 1.00 bits per heavy atom. The van der Waals surface area contributed by atoms with Gasteiger partial charge in [0.2, 0.25) is 0 Å². The molecule has 0 saturated carbocycles. The lowest BCUT2D eigenvalue weighted by Crippen LogP contribution is -2.11. The average molecular weight is 559 g/mol. The minimum Gasteiger partial charge on any atom is -0.399 e. The highest BCUT2D eigenvalue weighted by atomic mass is 32.1. The van der Waals surface area contributed by atoms with Gasteiger partial charge in [-0.2, -0.15) is 0 Å². The molecule has 0 fully saturated rings. The molecule has 40 heavy (non-hydrogen) atoms. The van der Waals surface area contributed by atoms with Crippen LogP contribution in [0, 0.1) is 0 Å². The maximum Gasteiger partial charge on any atom is 0.170 e. The van der Waals surface area contributed by atoms with Crippen LogP contribution >= 0.6 is 22.7 Å². The fourth-order valence-corrected chi connectivity index (χ4v) is 7.12. The van der Waals surface area contributed by atoms with E-state index in [4.69, 9.17) is 32.9 Å². The minimum atomic E-state index is 0.266. The number of anilines is 2. The quantitative estimate of drug-likeness (QED) is 0.196. The first-order valence-electron chi connectivity index (χ1n) is 12.4. The molecule has 8 N–H and O–H groups in total. The van der Waals surface area contributed by atoms with E-state index >= 15 is 0 Å². The van der Waals surface area contributed by atoms with Gasteiger partial charge in [0, 0.05) is 51.6 Å². The molecule has 10 heteroatoms. The van der Waals surface area contributed by atoms with Gasteiger partial charge in [-0.1, -0.05) is 24.3 Å². The Kier molecular flexibility index (Phi) is 5.58. The maximum absolute atomic E-state index is 6.23. The van der Waals surface area contributed by atoms with Crippen LogP contribution in [0.15, 0.2) is 91.0 Å². The molecule has 0 atom stereocenters. The van der Waals surface area contributed by atoms with E-state index in [1.807, 2.05) is 60.7 Å². The molecule has 4 aromatic heterocycles. The third-order valence-electron chi connectivity index (χ3n) is 6.66. The van der Waals surface area contributed by atoms with Crippen molar-refractivity contribution in [1.82, 2.24) is 19.9 Å². The van der Waals surface area contributed by atoms with E-state index in [0.717, 1.165) is 58.7 Å². The van der Waals surface area contributed by atoms with Crippen LogP contribution in [0.1, 0.15) is 11.1 Å². The van der Waals surface area contributed by atoms with E-state index in [-0.39, 0.29) is 5.82 Å². The topological polar surface area (TPSA) is 156 Å². The highest BCUT2D eigenvalue weighted by Gasteiger charge is 2.32. The van der Waals surface area contributed by atoms with Gasteiger partial charge in [0.15, 0.2) is 11.6 Å². The number of nitrogen functional groups attached to an aromatic ring is 2. The maximum atomic E-state index is 6.23. The SMILES string of the molecule is NC(N)=C1c2cc(-c3nccc(-c4ccc(N)cc4)n3)sc2-c2sc(-c3nccc(-c4ccc(N)cc4)n3)cc21. The predicted octanol–water partition coefficient (Wildman–Crippen LogP) is 5.84. The van der Waals surface area contributed by atoms with Crippen LogP contribution in [0.2, 0.25) is 0 Å². The summed E-state index contributed by atoms with van der Waals surface area (Å²) in [7, 11) is 0. The summed E-state index contributed by atoms with van der Waals surface area (Å²) in [6.45, 7) is 0. The van der Waals surface area contributed by atoms with Gasteiger partial charge < -0.3 is 22.9 Å². The zero-order valence-electron chi connectivity index (χ0n) is 21.0. The van der Waals surface area contributed by atoms with Crippen molar-refractivity contribution in [3.63, 3.8) is 0 Å². The third-order valence-corrected chi connectivity index (χ3v) is 9.09. The number of hydrogen-bond acceptors (Lipinski definition) is 10. The second-order valence-electron chi connectivity index (χ2n) is 9.31. The first-order chi connectivity index (χ1) is 19.4. The zero-order valence-corrected chi connectivity index (χ0v) is 22.6. The van der Waals surface area contributed by atoms with Gasteiger partial charge >= 0.3 is 0 Å². The highest BCUT2D eigenvalue weighted by Crippen LogP contribution is 2.55. The van der Waals surface area contributed by atoms with Crippen LogP contribution in [0.5, 0.6) is 0 Å². The Morgan fingerprint density at radius 1 is 0.575 bits per heavy atom. The summed E-state index contributed by atoms with van der Waals surface area (Å²) in [4.78, 5) is 22.8. The molecule has 6 aromatic rings. The highest BCUT2D eigenvalue weighted by molar-refractivity contribution is 7.26. The number of thiophene rings is 2. The van der Waals surface area contributed by atoms with Crippen molar-refractivity contribution in [2.75, 3.05) is 11.5 Å². The smallest absolute Gasteiger partial charge is 0.170 e. The van der Waals surface area contributed by atoms with E-state index in [1.165, 1.54) is 0 Å². The van der Waals surface area contributed by atoms with Crippen LogP contribution in [0.25, 0.3) is 59.2 Å². The molecule has 0 radical (unpaired) electrons. The molecule has 0 aliphatic heterocycles. The van der Waals surface area contributed by atoms with E-state index < -0.39 is 0 Å². The van der Waals surface area contributed by atoms with Gasteiger partial charge in [0.05, 0.1) is 30.9 Å². The molecule has 0 amide bonds. The summed E-state index contributed by atoms with van der Waals surface area (Å²) in [6, 6.07) is 23.2. The first-order valence-corrected chi connectivity index (χ1v) is 14.0. The summed E-state index contributed by atoms with van der Waals surface area (Å²) in [5, 5.41) is 0. The van der Waals surface area contributed by atoms with Gasteiger partial charge in [0.1, 0.15) is 5.82 Å². The molecule has 8 nitrogen and oxygen atoms in total. The van der Waals surface area contributed by atoms with Gasteiger partial charge in [-0.05, 0) is 48.5 Å². The molecular formula is C30H22N8S2. The predicted molar refractivity (Wildman–Crippen MR) is 164 cm³/mol. The molecule has 0 saturated heterocycles. The fourth-order valence-electron chi connectivity index (χ4n) is 4.75. The molecule has 0 bridgehead atoms. The molecule has 1 aliphatic rings. The Balaban J connectivity index is 1.28. The van der Waals surface area contributed by atoms with Crippen molar-refractivity contribution in [2.45, 2.75) is 0 Å². The Morgan fingerprint density at radius 3 is 1.40 bits per heavy atom. The van der Waals surface area contributed by atoms with Gasteiger partial charge in [-0.25, -0.2) is 19.9 Å². The first kappa shape index (κ1) is 24.0. The Bertz CT molecular complexity index is 1800. The largest absolute Gasteiger partial charge is 0.399 e. The van der Waals surface area contributed by atoms with Crippen molar-refractivity contribution in [3.8, 4) is 53.7 Å². The summed E-state index contributed by atoms with van der Waals surface area (Å²) >= 11 is 3.25. The number of benzene rings is 2. The number of aromatic nitrogens is 4. The lowest BCUT2D eigenvalue weighted by molar-refractivity contribution is 1.19. The molecule has 4 heterocycles. The summed E-state index contributed by atoms with van der Waals surface area (Å²) < 4.78 is 0. The van der Waals surface area contributed by atoms with Crippen LogP contribution in [-0.4, -0.2) is 19.9 Å². The molecule has 7 rings (SSSR count). The van der Waals surface area contributed by atoms with Crippen LogP contribution in [-0.2, 0) is 0 Å². The molecule has 0 unspecified atom stereocenters. The monoisotopic (exact) mass is 558 g/mol. The van der Waals surface area contributed by atoms with Crippen molar-refractivity contribution in [2.24, 2.45) is 11.5 Å². The molecule has 1 aliphatic carbocycles. The van der Waals surface area contributed by atoms with E-state index in [0.29, 0.717) is 23.0 Å². The minimum absolute atomic E-state index is 0.266. The van der Waals surface area contributed by atoms with Crippen molar-refractivity contribution in [3.05, 3.63) is 102 Å². The number of nitrogens with two attached hydrogens (primary N) is 4. The van der Waals surface area contributed by atoms with Gasteiger partial charge in [0.25, 0.3) is 0 Å². The lowest BCUT2D eigenvalue weighted by atomic mass is 10.1. The van der Waals surface area contributed by atoms with Crippen LogP contribution in [0.4, 0.5) is 11.4 Å². The van der Waals surface area contributed by atoms with Crippen molar-refractivity contribution in [1.29, 1.82) is 0 Å². The summed E-state index contributed by atoms with van der Waals surface area (Å²) in [5.41, 5.74) is 32.0. The average Bonchev–Trinajstić information content (AvgIpc) is 3.65. The second kappa shape index (κ2) is 9.30. The normalized spacial score (nSPS) is 11.8. The second-order valence-corrected chi connectivity index (χ2v) is 11.4. The molecule has 194 valence electrons. The summed E-state index contributed by atoms with van der Waals surface area (Å²) in [6.07, 6.45) is 3.54. The van der Waals surface area contributed by atoms with Crippen LogP contribution in [0.3, 0.4) is 0 Å². The molecule has 2 aromatic carbocycles. The van der Waals surface area contributed by atoms with E-state index in [1.54, 1.807) is 35.1 Å². The number of rotatable bonds is 4. The van der Waals surface area contributed by atoms with E-state index in [2.05, 4.69) is 22.1 Å². The lowest BCUT2D eigenvalue weighted by Gasteiger charge is -2.04. The molecule has 0 spiro atoms. The molecular weight excluding hydrogens is 537 g/mol. The van der Waals surface area contributed by atoms with E-state index in [9.17, 15) is 0 Å². The summed E-state index contributed by atoms with van der Waals surface area (Å²) in [5.74, 6) is 1.55. The Hall–Kier alpha value is -5.06.